The van der Waals surface area contributed by atoms with Gasteiger partial charge in [0.05, 0.1) is 5.69 Å². The lowest BCUT2D eigenvalue weighted by Crippen LogP contribution is -1.90. The fraction of sp³-hybridized carbons (Fsp3) is 0.200. The van der Waals surface area contributed by atoms with Crippen LogP contribution < -0.4 is 0 Å². The van der Waals surface area contributed by atoms with Gasteiger partial charge < -0.3 is 0 Å². The zero-order valence-electron chi connectivity index (χ0n) is 8.22. The number of hydrogen-bond donors (Lipinski definition) is 0. The number of hydrogen-bond acceptors (Lipinski definition) is 2. The summed E-state index contributed by atoms with van der Waals surface area (Å²) >= 11 is 5.67. The first-order valence-electron chi connectivity index (χ1n) is 4.30. The molecule has 2 aromatic heterocycles. The average molecular weight is 244 g/mol. The van der Waals surface area contributed by atoms with E-state index in [1.165, 1.54) is 0 Å². The molecule has 0 aliphatic rings. The molecule has 0 spiro atoms. The average Bonchev–Trinajstić information content (AvgIpc) is 2.65. The zero-order chi connectivity index (χ0) is 9.97. The predicted molar refractivity (Wildman–Crippen MR) is 63.2 cm³/mol. The fourth-order valence-electron chi connectivity index (χ4n) is 1.21. The molecule has 0 saturated carbocycles. The third-order valence-electron chi connectivity index (χ3n) is 1.96. The Bertz CT molecular complexity index is 422. The van der Waals surface area contributed by atoms with Gasteiger partial charge in [-0.3, -0.25) is 9.67 Å². The number of pyridine rings is 1. The fourth-order valence-corrected chi connectivity index (χ4v) is 1.36. The Balaban J connectivity index is 0.00000112. The van der Waals surface area contributed by atoms with E-state index < -0.39 is 0 Å². The van der Waals surface area contributed by atoms with Crippen LogP contribution in [0.15, 0.2) is 30.6 Å². The maximum Gasteiger partial charge on any atom is 0.111 e. The molecule has 0 N–H and O–H groups in total. The van der Waals surface area contributed by atoms with E-state index >= 15 is 0 Å². The van der Waals surface area contributed by atoms with Crippen LogP contribution in [0.5, 0.6) is 0 Å². The standard InChI is InChI=1S/C10H10ClN3.ClH/c1-14-5-4-10(13-14)9-3-2-8(6-11)7-12-9;/h2-5,7H,6H2,1H3;1H. The molecule has 0 saturated heterocycles. The Morgan fingerprint density at radius 1 is 1.27 bits per heavy atom. The Morgan fingerprint density at radius 2 is 2.07 bits per heavy atom. The van der Waals surface area contributed by atoms with Crippen molar-refractivity contribution in [1.82, 2.24) is 14.8 Å². The monoisotopic (exact) mass is 243 g/mol. The van der Waals surface area contributed by atoms with E-state index in [0.29, 0.717) is 5.88 Å². The SMILES string of the molecule is Cl.Cn1ccc(-c2ccc(CCl)cn2)n1. The van der Waals surface area contributed by atoms with Gasteiger partial charge in [0.2, 0.25) is 0 Å². The molecule has 0 radical (unpaired) electrons. The topological polar surface area (TPSA) is 30.7 Å². The van der Waals surface area contributed by atoms with Crippen LogP contribution in [-0.2, 0) is 12.9 Å². The number of aryl methyl sites for hydroxylation is 1. The van der Waals surface area contributed by atoms with Crippen molar-refractivity contribution in [2.45, 2.75) is 5.88 Å². The molecule has 0 bridgehead atoms. The molecule has 0 aromatic carbocycles. The smallest absolute Gasteiger partial charge is 0.111 e. The second kappa shape index (κ2) is 5.14. The van der Waals surface area contributed by atoms with E-state index in [1.54, 1.807) is 10.9 Å². The van der Waals surface area contributed by atoms with E-state index in [4.69, 9.17) is 11.6 Å². The highest BCUT2D eigenvalue weighted by atomic mass is 35.5. The first-order valence-corrected chi connectivity index (χ1v) is 4.84. The van der Waals surface area contributed by atoms with Crippen LogP contribution in [0.25, 0.3) is 11.4 Å². The molecule has 2 aromatic rings. The van der Waals surface area contributed by atoms with Gasteiger partial charge in [-0.05, 0) is 17.7 Å². The Kier molecular flexibility index (Phi) is 4.12. The first kappa shape index (κ1) is 12.0. The van der Waals surface area contributed by atoms with Crippen LogP contribution in [-0.4, -0.2) is 14.8 Å². The molecule has 5 heteroatoms. The van der Waals surface area contributed by atoms with Crippen LogP contribution in [0.4, 0.5) is 0 Å². The molecular weight excluding hydrogens is 233 g/mol. The summed E-state index contributed by atoms with van der Waals surface area (Å²) in [7, 11) is 1.89. The molecule has 15 heavy (non-hydrogen) atoms. The van der Waals surface area contributed by atoms with Crippen molar-refractivity contribution in [2.75, 3.05) is 0 Å². The number of alkyl halides is 1. The Hall–Kier alpha value is -1.06. The van der Waals surface area contributed by atoms with E-state index in [1.807, 2.05) is 31.4 Å². The molecule has 2 rings (SSSR count). The van der Waals surface area contributed by atoms with Crippen LogP contribution >= 0.6 is 24.0 Å². The highest BCUT2D eigenvalue weighted by Gasteiger charge is 2.01. The van der Waals surface area contributed by atoms with Gasteiger partial charge >= 0.3 is 0 Å². The first-order chi connectivity index (χ1) is 6.79. The summed E-state index contributed by atoms with van der Waals surface area (Å²) in [5, 5.41) is 4.26. The lowest BCUT2D eigenvalue weighted by atomic mass is 10.2. The molecule has 0 fully saturated rings. The van der Waals surface area contributed by atoms with Gasteiger partial charge in [-0.2, -0.15) is 5.10 Å². The summed E-state index contributed by atoms with van der Waals surface area (Å²) in [6.45, 7) is 0. The maximum absolute atomic E-state index is 5.67. The highest BCUT2D eigenvalue weighted by molar-refractivity contribution is 6.17. The van der Waals surface area contributed by atoms with E-state index in [-0.39, 0.29) is 12.4 Å². The third kappa shape index (κ3) is 2.70. The van der Waals surface area contributed by atoms with E-state index in [0.717, 1.165) is 17.0 Å². The summed E-state index contributed by atoms with van der Waals surface area (Å²) in [6.07, 6.45) is 3.67. The molecule has 0 unspecified atom stereocenters. The largest absolute Gasteiger partial charge is 0.275 e. The van der Waals surface area contributed by atoms with Gasteiger partial charge in [-0.1, -0.05) is 6.07 Å². The summed E-state index contributed by atoms with van der Waals surface area (Å²) in [4.78, 5) is 4.27. The van der Waals surface area contributed by atoms with E-state index in [2.05, 4.69) is 10.1 Å². The number of aromatic nitrogens is 3. The number of halogens is 2. The lowest BCUT2D eigenvalue weighted by molar-refractivity contribution is 0.770. The van der Waals surface area contributed by atoms with Gasteiger partial charge in [0.15, 0.2) is 0 Å². The third-order valence-corrected chi connectivity index (χ3v) is 2.26. The predicted octanol–water partition coefficient (Wildman–Crippen LogP) is 2.64. The number of nitrogens with zero attached hydrogens (tertiary/aromatic N) is 3. The molecular formula is C10H11Cl2N3. The van der Waals surface area contributed by atoms with Gasteiger partial charge in [0.1, 0.15) is 5.69 Å². The molecule has 0 amide bonds. The molecule has 0 atom stereocenters. The van der Waals surface area contributed by atoms with Crippen molar-refractivity contribution >= 4 is 24.0 Å². The summed E-state index contributed by atoms with van der Waals surface area (Å²) in [5.41, 5.74) is 2.78. The highest BCUT2D eigenvalue weighted by Crippen LogP contribution is 2.14. The minimum absolute atomic E-state index is 0. The maximum atomic E-state index is 5.67. The van der Waals surface area contributed by atoms with Crippen molar-refractivity contribution in [2.24, 2.45) is 7.05 Å². The molecule has 2 heterocycles. The summed E-state index contributed by atoms with van der Waals surface area (Å²) in [6, 6.07) is 5.83. The number of rotatable bonds is 2. The molecule has 0 aliphatic carbocycles. The van der Waals surface area contributed by atoms with Crippen LogP contribution in [0.1, 0.15) is 5.56 Å². The van der Waals surface area contributed by atoms with Crippen LogP contribution in [0.3, 0.4) is 0 Å². The van der Waals surface area contributed by atoms with E-state index in [9.17, 15) is 0 Å². The lowest BCUT2D eigenvalue weighted by Gasteiger charge is -1.97. The van der Waals surface area contributed by atoms with Crippen molar-refractivity contribution in [3.05, 3.63) is 36.2 Å². The molecule has 80 valence electrons. The quantitative estimate of drug-likeness (QED) is 0.760. The normalized spacial score (nSPS) is 9.73. The zero-order valence-corrected chi connectivity index (χ0v) is 9.79. The van der Waals surface area contributed by atoms with Gasteiger partial charge in [-0.15, -0.1) is 24.0 Å². The minimum atomic E-state index is 0. The summed E-state index contributed by atoms with van der Waals surface area (Å²) < 4.78 is 1.76. The Morgan fingerprint density at radius 3 is 2.53 bits per heavy atom. The van der Waals surface area contributed by atoms with Crippen molar-refractivity contribution in [3.63, 3.8) is 0 Å². The van der Waals surface area contributed by atoms with Crippen molar-refractivity contribution in [1.29, 1.82) is 0 Å². The minimum Gasteiger partial charge on any atom is -0.275 e. The summed E-state index contributed by atoms with van der Waals surface area (Å²) in [5.74, 6) is 0.496. The second-order valence-electron chi connectivity index (χ2n) is 3.06. The van der Waals surface area contributed by atoms with Gasteiger partial charge in [0, 0.05) is 25.3 Å². The van der Waals surface area contributed by atoms with Crippen LogP contribution in [0, 0.1) is 0 Å². The molecule has 3 nitrogen and oxygen atoms in total. The Labute approximate surface area is 99.5 Å². The van der Waals surface area contributed by atoms with Crippen molar-refractivity contribution < 1.29 is 0 Å². The second-order valence-corrected chi connectivity index (χ2v) is 3.33. The molecule has 0 aliphatic heterocycles. The van der Waals surface area contributed by atoms with Gasteiger partial charge in [-0.25, -0.2) is 0 Å². The van der Waals surface area contributed by atoms with Crippen molar-refractivity contribution in [3.8, 4) is 11.4 Å². The van der Waals surface area contributed by atoms with Gasteiger partial charge in [0.25, 0.3) is 0 Å². The van der Waals surface area contributed by atoms with Crippen LogP contribution in [0.2, 0.25) is 0 Å².